The molecule has 0 aliphatic rings. The summed E-state index contributed by atoms with van der Waals surface area (Å²) in [6.45, 7) is 10.4. The molecule has 0 aliphatic carbocycles. The molecular formula is C17H24N4OS. The van der Waals surface area contributed by atoms with Gasteiger partial charge in [0.05, 0.1) is 5.75 Å². The highest BCUT2D eigenvalue weighted by molar-refractivity contribution is 7.99. The van der Waals surface area contributed by atoms with E-state index in [-0.39, 0.29) is 5.91 Å². The fourth-order valence-electron chi connectivity index (χ4n) is 2.47. The Bertz CT molecular complexity index is 664. The van der Waals surface area contributed by atoms with E-state index in [0.717, 1.165) is 36.2 Å². The van der Waals surface area contributed by atoms with Gasteiger partial charge in [-0.2, -0.15) is 0 Å². The minimum atomic E-state index is 0.141. The normalized spacial score (nSPS) is 10.8. The number of carbonyl (C=O) groups is 1. The van der Waals surface area contributed by atoms with Crippen LogP contribution in [0.2, 0.25) is 0 Å². The van der Waals surface area contributed by atoms with Crippen molar-refractivity contribution in [3.8, 4) is 11.4 Å². The predicted molar refractivity (Wildman–Crippen MR) is 94.5 cm³/mol. The number of hydrogen-bond donors (Lipinski definition) is 0. The van der Waals surface area contributed by atoms with Crippen LogP contribution in [0.15, 0.2) is 29.4 Å². The second-order valence-electron chi connectivity index (χ2n) is 5.27. The number of aryl methyl sites for hydroxylation is 1. The van der Waals surface area contributed by atoms with E-state index in [1.807, 2.05) is 30.9 Å². The summed E-state index contributed by atoms with van der Waals surface area (Å²) >= 11 is 1.46. The summed E-state index contributed by atoms with van der Waals surface area (Å²) in [5, 5.41) is 9.41. The molecule has 0 aliphatic heterocycles. The third-order valence-electron chi connectivity index (χ3n) is 3.75. The maximum absolute atomic E-state index is 12.1. The number of carbonyl (C=O) groups excluding carboxylic acids is 1. The van der Waals surface area contributed by atoms with Crippen LogP contribution in [0.3, 0.4) is 0 Å². The van der Waals surface area contributed by atoms with Crippen LogP contribution in [0.25, 0.3) is 11.4 Å². The first-order valence-electron chi connectivity index (χ1n) is 8.01. The number of amides is 1. The van der Waals surface area contributed by atoms with E-state index in [1.165, 1.54) is 17.3 Å². The molecule has 2 aromatic rings. The first-order valence-corrected chi connectivity index (χ1v) is 9.00. The van der Waals surface area contributed by atoms with Crippen LogP contribution in [-0.2, 0) is 11.3 Å². The van der Waals surface area contributed by atoms with E-state index in [1.54, 1.807) is 0 Å². The standard InChI is InChI=1S/C17H24N4OS/c1-5-20(6-2)15(22)12-23-17-19-18-16(21(17)7-3)14-10-8-9-13(4)11-14/h8-11H,5-7,12H2,1-4H3. The smallest absolute Gasteiger partial charge is 0.233 e. The molecular weight excluding hydrogens is 308 g/mol. The Kier molecular flexibility index (Phi) is 6.21. The Hall–Kier alpha value is -1.82. The first-order chi connectivity index (χ1) is 11.1. The molecule has 0 saturated carbocycles. The van der Waals surface area contributed by atoms with Gasteiger partial charge in [0.1, 0.15) is 0 Å². The van der Waals surface area contributed by atoms with Crippen molar-refractivity contribution in [1.82, 2.24) is 19.7 Å². The van der Waals surface area contributed by atoms with Gasteiger partial charge in [0.25, 0.3) is 0 Å². The van der Waals surface area contributed by atoms with Gasteiger partial charge < -0.3 is 9.47 Å². The van der Waals surface area contributed by atoms with Crippen LogP contribution < -0.4 is 0 Å². The van der Waals surface area contributed by atoms with E-state index in [4.69, 9.17) is 0 Å². The first kappa shape index (κ1) is 17.5. The van der Waals surface area contributed by atoms with Gasteiger partial charge in [-0.25, -0.2) is 0 Å². The molecule has 0 saturated heterocycles. The lowest BCUT2D eigenvalue weighted by Crippen LogP contribution is -2.31. The van der Waals surface area contributed by atoms with Crippen molar-refractivity contribution in [2.24, 2.45) is 0 Å². The molecule has 0 N–H and O–H groups in total. The summed E-state index contributed by atoms with van der Waals surface area (Å²) in [7, 11) is 0. The third-order valence-corrected chi connectivity index (χ3v) is 4.70. The molecule has 5 nitrogen and oxygen atoms in total. The number of aromatic nitrogens is 3. The molecule has 124 valence electrons. The molecule has 1 aromatic heterocycles. The maximum Gasteiger partial charge on any atom is 0.233 e. The number of rotatable bonds is 7. The summed E-state index contributed by atoms with van der Waals surface area (Å²) < 4.78 is 2.06. The quantitative estimate of drug-likeness (QED) is 0.731. The van der Waals surface area contributed by atoms with E-state index < -0.39 is 0 Å². The van der Waals surface area contributed by atoms with Crippen molar-refractivity contribution in [3.05, 3.63) is 29.8 Å². The Morgan fingerprint density at radius 3 is 2.57 bits per heavy atom. The van der Waals surface area contributed by atoms with Crippen molar-refractivity contribution < 1.29 is 4.79 Å². The van der Waals surface area contributed by atoms with Crippen molar-refractivity contribution in [3.63, 3.8) is 0 Å². The Morgan fingerprint density at radius 1 is 1.22 bits per heavy atom. The minimum Gasteiger partial charge on any atom is -0.343 e. The van der Waals surface area contributed by atoms with Crippen LogP contribution in [0, 0.1) is 6.92 Å². The van der Waals surface area contributed by atoms with E-state index in [2.05, 4.69) is 40.7 Å². The summed E-state index contributed by atoms with van der Waals surface area (Å²) in [4.78, 5) is 14.0. The minimum absolute atomic E-state index is 0.141. The van der Waals surface area contributed by atoms with E-state index >= 15 is 0 Å². The van der Waals surface area contributed by atoms with Gasteiger partial charge in [0.2, 0.25) is 5.91 Å². The highest BCUT2D eigenvalue weighted by Crippen LogP contribution is 2.24. The molecule has 6 heteroatoms. The Labute approximate surface area is 142 Å². The highest BCUT2D eigenvalue weighted by atomic mass is 32.2. The van der Waals surface area contributed by atoms with Crippen LogP contribution in [0.5, 0.6) is 0 Å². The monoisotopic (exact) mass is 332 g/mol. The molecule has 23 heavy (non-hydrogen) atoms. The molecule has 0 atom stereocenters. The summed E-state index contributed by atoms with van der Waals surface area (Å²) in [6.07, 6.45) is 0. The second kappa shape index (κ2) is 8.15. The van der Waals surface area contributed by atoms with Gasteiger partial charge in [-0.15, -0.1) is 10.2 Å². The van der Waals surface area contributed by atoms with Gasteiger partial charge in [-0.05, 0) is 33.8 Å². The maximum atomic E-state index is 12.1. The molecule has 0 bridgehead atoms. The lowest BCUT2D eigenvalue weighted by molar-refractivity contribution is -0.127. The van der Waals surface area contributed by atoms with Crippen LogP contribution >= 0.6 is 11.8 Å². The molecule has 0 unspecified atom stereocenters. The number of thioether (sulfide) groups is 1. The van der Waals surface area contributed by atoms with E-state index in [9.17, 15) is 4.79 Å². The summed E-state index contributed by atoms with van der Waals surface area (Å²) in [5.41, 5.74) is 2.25. The SMILES string of the molecule is CCN(CC)C(=O)CSc1nnc(-c2cccc(C)c2)n1CC. The van der Waals surface area contributed by atoms with Gasteiger partial charge in [-0.3, -0.25) is 4.79 Å². The number of nitrogens with zero attached hydrogens (tertiary/aromatic N) is 4. The largest absolute Gasteiger partial charge is 0.343 e. The fraction of sp³-hybridized carbons (Fsp3) is 0.471. The molecule has 0 radical (unpaired) electrons. The molecule has 1 amide bonds. The summed E-state index contributed by atoms with van der Waals surface area (Å²) in [5.74, 6) is 1.39. The molecule has 0 fully saturated rings. The molecule has 1 heterocycles. The van der Waals surface area contributed by atoms with Gasteiger partial charge in [0, 0.05) is 25.2 Å². The topological polar surface area (TPSA) is 51.0 Å². The average molecular weight is 332 g/mol. The van der Waals surface area contributed by atoms with Crippen molar-refractivity contribution in [2.45, 2.75) is 39.4 Å². The lowest BCUT2D eigenvalue weighted by atomic mass is 10.1. The Balaban J connectivity index is 2.17. The lowest BCUT2D eigenvalue weighted by Gasteiger charge is -2.18. The van der Waals surface area contributed by atoms with Crippen LogP contribution in [0.1, 0.15) is 26.3 Å². The van der Waals surface area contributed by atoms with Gasteiger partial charge >= 0.3 is 0 Å². The van der Waals surface area contributed by atoms with Crippen LogP contribution in [-0.4, -0.2) is 44.4 Å². The average Bonchev–Trinajstić information content (AvgIpc) is 2.97. The summed E-state index contributed by atoms with van der Waals surface area (Å²) in [6, 6.07) is 8.23. The molecule has 0 spiro atoms. The number of benzene rings is 1. The third kappa shape index (κ3) is 4.13. The van der Waals surface area contributed by atoms with Crippen molar-refractivity contribution >= 4 is 17.7 Å². The van der Waals surface area contributed by atoms with Gasteiger partial charge in [0.15, 0.2) is 11.0 Å². The zero-order chi connectivity index (χ0) is 16.8. The van der Waals surface area contributed by atoms with Crippen LogP contribution in [0.4, 0.5) is 0 Å². The Morgan fingerprint density at radius 2 is 1.96 bits per heavy atom. The van der Waals surface area contributed by atoms with Crippen molar-refractivity contribution in [2.75, 3.05) is 18.8 Å². The second-order valence-corrected chi connectivity index (χ2v) is 6.22. The predicted octanol–water partition coefficient (Wildman–Crippen LogP) is 3.23. The zero-order valence-electron chi connectivity index (χ0n) is 14.2. The van der Waals surface area contributed by atoms with Gasteiger partial charge in [-0.1, -0.05) is 35.5 Å². The van der Waals surface area contributed by atoms with Crippen molar-refractivity contribution in [1.29, 1.82) is 0 Å². The number of hydrogen-bond acceptors (Lipinski definition) is 4. The fourth-order valence-corrected chi connectivity index (χ4v) is 3.38. The highest BCUT2D eigenvalue weighted by Gasteiger charge is 2.16. The zero-order valence-corrected chi connectivity index (χ0v) is 15.1. The molecule has 2 rings (SSSR count). The van der Waals surface area contributed by atoms with E-state index in [0.29, 0.717) is 5.75 Å². The molecule has 1 aromatic carbocycles.